The van der Waals surface area contributed by atoms with Crippen molar-refractivity contribution in [3.63, 3.8) is 0 Å². The van der Waals surface area contributed by atoms with E-state index < -0.39 is 15.3 Å². The summed E-state index contributed by atoms with van der Waals surface area (Å²) in [5.74, 6) is 0. The van der Waals surface area contributed by atoms with E-state index in [1.165, 1.54) is 0 Å². The second kappa shape index (κ2) is 7.91. The molecule has 2 atom stereocenters. The number of nitrogens with one attached hydrogen (secondary N) is 1. The lowest BCUT2D eigenvalue weighted by Crippen LogP contribution is -2.49. The van der Waals surface area contributed by atoms with Gasteiger partial charge in [0.1, 0.15) is 0 Å². The average Bonchev–Trinajstić information content (AvgIpc) is 2.90. The Kier molecular flexibility index (Phi) is 7.17. The van der Waals surface area contributed by atoms with Gasteiger partial charge < -0.3 is 10.1 Å². The molecule has 0 aromatic carbocycles. The molecule has 0 saturated carbocycles. The molecule has 120 valence electrons. The monoisotopic (exact) mass is 327 g/mol. The summed E-state index contributed by atoms with van der Waals surface area (Å²) in [5, 5.41) is 2.87. The summed E-state index contributed by atoms with van der Waals surface area (Å²) in [6.45, 7) is 7.31. The summed E-state index contributed by atoms with van der Waals surface area (Å²) >= 11 is 0. The molecule has 2 rings (SSSR count). The summed E-state index contributed by atoms with van der Waals surface area (Å²) in [6.07, 6.45) is 0.943. The van der Waals surface area contributed by atoms with Crippen LogP contribution < -0.4 is 5.32 Å². The van der Waals surface area contributed by atoms with Crippen molar-refractivity contribution in [2.75, 3.05) is 53.0 Å². The predicted octanol–water partition coefficient (Wildman–Crippen LogP) is -0.248. The maximum atomic E-state index is 12.4. The second-order valence-electron chi connectivity index (χ2n) is 5.40. The molecule has 0 radical (unpaired) electrons. The molecule has 2 unspecified atom stereocenters. The smallest absolute Gasteiger partial charge is 0.219 e. The van der Waals surface area contributed by atoms with Gasteiger partial charge in [-0.25, -0.2) is 8.42 Å². The van der Waals surface area contributed by atoms with E-state index in [1.807, 2.05) is 0 Å². The molecular formula is C12H26ClN3O3S. The number of hydrogen-bond acceptors (Lipinski definition) is 5. The molecule has 2 fully saturated rings. The highest BCUT2D eigenvalue weighted by molar-refractivity contribution is 7.89. The molecule has 0 amide bonds. The summed E-state index contributed by atoms with van der Waals surface area (Å²) in [6, 6.07) is 0.381. The maximum Gasteiger partial charge on any atom is 0.219 e. The fourth-order valence-corrected chi connectivity index (χ4v) is 4.42. The van der Waals surface area contributed by atoms with Crippen molar-refractivity contribution in [2.45, 2.75) is 24.6 Å². The van der Waals surface area contributed by atoms with Crippen molar-refractivity contribution < 1.29 is 13.2 Å². The number of rotatable bonds is 5. The highest BCUT2D eigenvalue weighted by Crippen LogP contribution is 2.21. The normalized spacial score (nSPS) is 27.2. The fourth-order valence-electron chi connectivity index (χ4n) is 2.86. The SMILES string of the molecule is COCC(C)S(=O)(=O)N1CCC(N2CCNCC2)C1.Cl. The molecule has 2 aliphatic rings. The lowest BCUT2D eigenvalue weighted by atomic mass is 10.2. The van der Waals surface area contributed by atoms with Crippen molar-refractivity contribution in [1.82, 2.24) is 14.5 Å². The van der Waals surface area contributed by atoms with E-state index >= 15 is 0 Å². The van der Waals surface area contributed by atoms with Crippen LogP contribution in [-0.4, -0.2) is 81.9 Å². The number of sulfonamides is 1. The van der Waals surface area contributed by atoms with E-state index in [2.05, 4.69) is 10.2 Å². The fraction of sp³-hybridized carbons (Fsp3) is 1.00. The van der Waals surface area contributed by atoms with Crippen LogP contribution in [0, 0.1) is 0 Å². The number of ether oxygens (including phenoxy) is 1. The molecule has 2 aliphatic heterocycles. The minimum Gasteiger partial charge on any atom is -0.383 e. The average molecular weight is 328 g/mol. The summed E-state index contributed by atoms with van der Waals surface area (Å²) in [5.41, 5.74) is 0. The molecule has 0 aromatic heterocycles. The van der Waals surface area contributed by atoms with Gasteiger partial charge in [-0.3, -0.25) is 4.90 Å². The molecule has 0 bridgehead atoms. The van der Waals surface area contributed by atoms with Crippen LogP contribution >= 0.6 is 12.4 Å². The van der Waals surface area contributed by atoms with Gasteiger partial charge in [-0.15, -0.1) is 12.4 Å². The zero-order valence-electron chi connectivity index (χ0n) is 12.2. The first kappa shape index (κ1) is 18.1. The van der Waals surface area contributed by atoms with Crippen LogP contribution in [0.25, 0.3) is 0 Å². The van der Waals surface area contributed by atoms with Gasteiger partial charge in [0.25, 0.3) is 0 Å². The Bertz CT molecular complexity index is 387. The van der Waals surface area contributed by atoms with E-state index in [-0.39, 0.29) is 19.0 Å². The Hall–Kier alpha value is 0.0800. The minimum atomic E-state index is -3.21. The molecule has 2 saturated heterocycles. The molecule has 0 aromatic rings. The van der Waals surface area contributed by atoms with Gasteiger partial charge in [0.2, 0.25) is 10.0 Å². The van der Waals surface area contributed by atoms with Gasteiger partial charge in [0, 0.05) is 52.4 Å². The van der Waals surface area contributed by atoms with Crippen LogP contribution in [0.5, 0.6) is 0 Å². The summed E-state index contributed by atoms with van der Waals surface area (Å²) < 4.78 is 31.3. The van der Waals surface area contributed by atoms with Crippen LogP contribution in [0.15, 0.2) is 0 Å². The van der Waals surface area contributed by atoms with Crippen molar-refractivity contribution in [1.29, 1.82) is 0 Å². The Labute approximate surface area is 128 Å². The zero-order chi connectivity index (χ0) is 13.9. The molecule has 20 heavy (non-hydrogen) atoms. The van der Waals surface area contributed by atoms with Crippen LogP contribution in [-0.2, 0) is 14.8 Å². The molecule has 1 N–H and O–H groups in total. The van der Waals surface area contributed by atoms with E-state index in [4.69, 9.17) is 4.74 Å². The molecule has 0 spiro atoms. The Morgan fingerprint density at radius 2 is 1.95 bits per heavy atom. The topological polar surface area (TPSA) is 61.9 Å². The number of methoxy groups -OCH3 is 1. The molecule has 2 heterocycles. The number of piperazine rings is 1. The lowest BCUT2D eigenvalue weighted by Gasteiger charge is -2.32. The van der Waals surface area contributed by atoms with E-state index in [1.54, 1.807) is 18.3 Å². The second-order valence-corrected chi connectivity index (χ2v) is 7.75. The minimum absolute atomic E-state index is 0. The molecular weight excluding hydrogens is 302 g/mol. The quantitative estimate of drug-likeness (QED) is 0.754. The largest absolute Gasteiger partial charge is 0.383 e. The molecule has 0 aliphatic carbocycles. The highest BCUT2D eigenvalue weighted by atomic mass is 35.5. The van der Waals surface area contributed by atoms with E-state index in [0.717, 1.165) is 32.6 Å². The standard InChI is InChI=1S/C12H25N3O3S.ClH/c1-11(10-18-2)19(16,17)15-6-3-12(9-15)14-7-4-13-5-8-14;/h11-13H,3-10H2,1-2H3;1H. The van der Waals surface area contributed by atoms with Crippen LogP contribution in [0.3, 0.4) is 0 Å². The van der Waals surface area contributed by atoms with Gasteiger partial charge in [-0.1, -0.05) is 0 Å². The number of nitrogens with zero attached hydrogens (tertiary/aromatic N) is 2. The van der Waals surface area contributed by atoms with E-state index in [9.17, 15) is 8.42 Å². The highest BCUT2D eigenvalue weighted by Gasteiger charge is 2.37. The van der Waals surface area contributed by atoms with Crippen LogP contribution in [0.1, 0.15) is 13.3 Å². The van der Waals surface area contributed by atoms with Gasteiger partial charge in [0.15, 0.2) is 0 Å². The van der Waals surface area contributed by atoms with Crippen LogP contribution in [0.2, 0.25) is 0 Å². The van der Waals surface area contributed by atoms with Gasteiger partial charge >= 0.3 is 0 Å². The third kappa shape index (κ3) is 4.05. The Balaban J connectivity index is 0.00000200. The van der Waals surface area contributed by atoms with Crippen molar-refractivity contribution in [3.05, 3.63) is 0 Å². The summed E-state index contributed by atoms with van der Waals surface area (Å²) in [4.78, 5) is 2.41. The van der Waals surface area contributed by atoms with Crippen molar-refractivity contribution >= 4 is 22.4 Å². The first-order valence-corrected chi connectivity index (χ1v) is 8.48. The predicted molar refractivity (Wildman–Crippen MR) is 81.9 cm³/mol. The third-order valence-electron chi connectivity index (χ3n) is 4.06. The van der Waals surface area contributed by atoms with Crippen LogP contribution in [0.4, 0.5) is 0 Å². The number of hydrogen-bond donors (Lipinski definition) is 1. The lowest BCUT2D eigenvalue weighted by molar-refractivity contribution is 0.178. The first-order chi connectivity index (χ1) is 9.05. The van der Waals surface area contributed by atoms with Crippen molar-refractivity contribution in [3.8, 4) is 0 Å². The third-order valence-corrected chi connectivity index (χ3v) is 6.27. The number of halogens is 1. The van der Waals surface area contributed by atoms with Gasteiger partial charge in [-0.2, -0.15) is 4.31 Å². The zero-order valence-corrected chi connectivity index (χ0v) is 13.9. The maximum absolute atomic E-state index is 12.4. The van der Waals surface area contributed by atoms with E-state index in [0.29, 0.717) is 19.1 Å². The van der Waals surface area contributed by atoms with Crippen molar-refractivity contribution in [2.24, 2.45) is 0 Å². The molecule has 6 nitrogen and oxygen atoms in total. The molecule has 8 heteroatoms. The first-order valence-electron chi connectivity index (χ1n) is 6.98. The van der Waals surface area contributed by atoms with Gasteiger partial charge in [-0.05, 0) is 13.3 Å². The Morgan fingerprint density at radius 3 is 2.55 bits per heavy atom. The Morgan fingerprint density at radius 1 is 1.30 bits per heavy atom. The van der Waals surface area contributed by atoms with Gasteiger partial charge in [0.05, 0.1) is 11.9 Å². The summed E-state index contributed by atoms with van der Waals surface area (Å²) in [7, 11) is -1.67.